The molecule has 0 atom stereocenters. The van der Waals surface area contributed by atoms with Crippen molar-refractivity contribution in [2.45, 2.75) is 13.5 Å². The van der Waals surface area contributed by atoms with Gasteiger partial charge < -0.3 is 18.7 Å². The van der Waals surface area contributed by atoms with Gasteiger partial charge in [0.1, 0.15) is 11.5 Å². The lowest BCUT2D eigenvalue weighted by Crippen LogP contribution is -2.07. The molecule has 0 radical (unpaired) electrons. The van der Waals surface area contributed by atoms with E-state index < -0.39 is 5.97 Å². The Balaban J connectivity index is 1.71. The number of aromatic nitrogens is 2. The number of benzene rings is 2. The van der Waals surface area contributed by atoms with Crippen molar-refractivity contribution in [3.8, 4) is 22.9 Å². The van der Waals surface area contributed by atoms with Crippen LogP contribution in [0, 0.1) is 6.92 Å². The number of methoxy groups -OCH3 is 2. The van der Waals surface area contributed by atoms with Gasteiger partial charge in [0.05, 0.1) is 19.8 Å². The summed E-state index contributed by atoms with van der Waals surface area (Å²) in [5.74, 6) is 1.14. The highest BCUT2D eigenvalue weighted by Gasteiger charge is 2.16. The second-order valence-electron chi connectivity index (χ2n) is 5.60. The Morgan fingerprint density at radius 1 is 1.15 bits per heavy atom. The molecule has 0 unspecified atom stereocenters. The summed E-state index contributed by atoms with van der Waals surface area (Å²) >= 11 is 3.39. The lowest BCUT2D eigenvalue weighted by molar-refractivity contribution is 0.0429. The number of esters is 1. The summed E-state index contributed by atoms with van der Waals surface area (Å²) in [4.78, 5) is 16.6. The van der Waals surface area contributed by atoms with Crippen LogP contribution in [0.1, 0.15) is 21.8 Å². The molecular formula is C19H17BrN2O5. The van der Waals surface area contributed by atoms with Gasteiger partial charge in [0.25, 0.3) is 5.89 Å². The predicted octanol–water partition coefficient (Wildman–Crippen LogP) is 4.18. The number of ether oxygens (including phenoxy) is 3. The molecule has 0 aliphatic rings. The summed E-state index contributed by atoms with van der Waals surface area (Å²) in [5.41, 5.74) is 1.90. The molecule has 1 aromatic heterocycles. The summed E-state index contributed by atoms with van der Waals surface area (Å²) in [6, 6.07) is 10.7. The molecule has 0 N–H and O–H groups in total. The van der Waals surface area contributed by atoms with Crippen LogP contribution in [0.4, 0.5) is 0 Å². The van der Waals surface area contributed by atoms with E-state index in [1.807, 2.05) is 31.2 Å². The molecular weight excluding hydrogens is 416 g/mol. The molecule has 8 heteroatoms. The standard InChI is InChI=1S/C19H17BrN2O5/c1-11-15(24-2)8-13(9-16(11)25-3)19(23)26-10-17-21-18(22-27-17)12-5-4-6-14(20)7-12/h4-9H,10H2,1-3H3. The van der Waals surface area contributed by atoms with Crippen molar-refractivity contribution in [3.63, 3.8) is 0 Å². The zero-order valence-corrected chi connectivity index (χ0v) is 16.6. The minimum absolute atomic E-state index is 0.141. The van der Waals surface area contributed by atoms with Crippen molar-refractivity contribution < 1.29 is 23.5 Å². The third kappa shape index (κ3) is 4.28. The molecule has 0 spiro atoms. The number of nitrogens with zero attached hydrogens (tertiary/aromatic N) is 2. The maximum absolute atomic E-state index is 12.4. The largest absolute Gasteiger partial charge is 0.496 e. The average Bonchev–Trinajstić information content (AvgIpc) is 3.15. The Bertz CT molecular complexity index is 945. The highest BCUT2D eigenvalue weighted by Crippen LogP contribution is 2.30. The number of carbonyl (C=O) groups excluding carboxylic acids is 1. The third-order valence-corrected chi connectivity index (χ3v) is 4.36. The van der Waals surface area contributed by atoms with E-state index in [-0.39, 0.29) is 12.5 Å². The maximum Gasteiger partial charge on any atom is 0.338 e. The monoisotopic (exact) mass is 432 g/mol. The van der Waals surface area contributed by atoms with Crippen molar-refractivity contribution in [2.75, 3.05) is 14.2 Å². The summed E-state index contributed by atoms with van der Waals surface area (Å²) in [6.07, 6.45) is 0. The molecule has 0 amide bonds. The normalized spacial score (nSPS) is 10.5. The Morgan fingerprint density at radius 2 is 1.85 bits per heavy atom. The first-order valence-corrected chi connectivity index (χ1v) is 8.79. The molecule has 2 aromatic carbocycles. The zero-order chi connectivity index (χ0) is 19.4. The van der Waals surface area contributed by atoms with Gasteiger partial charge in [-0.15, -0.1) is 0 Å². The van der Waals surface area contributed by atoms with Crippen molar-refractivity contribution in [1.82, 2.24) is 10.1 Å². The lowest BCUT2D eigenvalue weighted by atomic mass is 10.1. The summed E-state index contributed by atoms with van der Waals surface area (Å²) < 4.78 is 21.9. The Labute approximate surface area is 164 Å². The van der Waals surface area contributed by atoms with E-state index in [0.29, 0.717) is 22.9 Å². The Kier molecular flexibility index (Phi) is 5.75. The van der Waals surface area contributed by atoms with Gasteiger partial charge >= 0.3 is 5.97 Å². The highest BCUT2D eigenvalue weighted by molar-refractivity contribution is 9.10. The van der Waals surface area contributed by atoms with E-state index in [9.17, 15) is 4.79 Å². The van der Waals surface area contributed by atoms with Crippen LogP contribution in [0.2, 0.25) is 0 Å². The fraction of sp³-hybridized carbons (Fsp3) is 0.211. The van der Waals surface area contributed by atoms with Crippen LogP contribution in [0.5, 0.6) is 11.5 Å². The Hall–Kier alpha value is -2.87. The van der Waals surface area contributed by atoms with Gasteiger partial charge in [-0.3, -0.25) is 0 Å². The van der Waals surface area contributed by atoms with Gasteiger partial charge in [-0.2, -0.15) is 4.98 Å². The van der Waals surface area contributed by atoms with Gasteiger partial charge in [-0.25, -0.2) is 4.79 Å². The molecule has 0 fully saturated rings. The van der Waals surface area contributed by atoms with Crippen LogP contribution in [0.25, 0.3) is 11.4 Å². The maximum atomic E-state index is 12.4. The SMILES string of the molecule is COc1cc(C(=O)OCc2nc(-c3cccc(Br)c3)no2)cc(OC)c1C. The summed E-state index contributed by atoms with van der Waals surface area (Å²) in [6.45, 7) is 1.70. The van der Waals surface area contributed by atoms with Crippen molar-refractivity contribution in [1.29, 1.82) is 0 Å². The molecule has 140 valence electrons. The number of halogens is 1. The molecule has 0 saturated heterocycles. The third-order valence-electron chi connectivity index (χ3n) is 3.87. The molecule has 7 nitrogen and oxygen atoms in total. The van der Waals surface area contributed by atoms with Gasteiger partial charge in [-0.05, 0) is 31.2 Å². The molecule has 3 rings (SSSR count). The van der Waals surface area contributed by atoms with Crippen LogP contribution in [0.3, 0.4) is 0 Å². The zero-order valence-electron chi connectivity index (χ0n) is 15.0. The van der Waals surface area contributed by atoms with Crippen LogP contribution in [0.15, 0.2) is 45.4 Å². The number of rotatable bonds is 6. The second kappa shape index (κ2) is 8.22. The second-order valence-corrected chi connectivity index (χ2v) is 6.52. The molecule has 0 bridgehead atoms. The number of hydrogen-bond donors (Lipinski definition) is 0. The average molecular weight is 433 g/mol. The fourth-order valence-corrected chi connectivity index (χ4v) is 2.87. The quantitative estimate of drug-likeness (QED) is 0.540. The highest BCUT2D eigenvalue weighted by atomic mass is 79.9. The molecule has 0 aliphatic carbocycles. The molecule has 1 heterocycles. The van der Waals surface area contributed by atoms with Gasteiger partial charge in [-0.1, -0.05) is 33.2 Å². The van der Waals surface area contributed by atoms with Crippen molar-refractivity contribution >= 4 is 21.9 Å². The van der Waals surface area contributed by atoms with E-state index in [1.165, 1.54) is 14.2 Å². The van der Waals surface area contributed by atoms with E-state index in [0.717, 1.165) is 15.6 Å². The first-order chi connectivity index (χ1) is 13.0. The van der Waals surface area contributed by atoms with Crippen LogP contribution >= 0.6 is 15.9 Å². The summed E-state index contributed by atoms with van der Waals surface area (Å²) in [7, 11) is 3.05. The topological polar surface area (TPSA) is 83.7 Å². The van der Waals surface area contributed by atoms with Crippen molar-refractivity contribution in [3.05, 3.63) is 57.9 Å². The first-order valence-electron chi connectivity index (χ1n) is 8.00. The molecule has 27 heavy (non-hydrogen) atoms. The molecule has 0 aliphatic heterocycles. The van der Waals surface area contributed by atoms with Crippen molar-refractivity contribution in [2.24, 2.45) is 0 Å². The van der Waals surface area contributed by atoms with Gasteiger partial charge in [0, 0.05) is 15.6 Å². The number of carbonyl (C=O) groups is 1. The van der Waals surface area contributed by atoms with E-state index >= 15 is 0 Å². The number of hydrogen-bond acceptors (Lipinski definition) is 7. The predicted molar refractivity (Wildman–Crippen MR) is 101 cm³/mol. The van der Waals surface area contributed by atoms with Gasteiger partial charge in [0.15, 0.2) is 6.61 Å². The van der Waals surface area contributed by atoms with Crippen LogP contribution in [-0.2, 0) is 11.3 Å². The lowest BCUT2D eigenvalue weighted by Gasteiger charge is -2.11. The minimum atomic E-state index is -0.547. The van der Waals surface area contributed by atoms with E-state index in [1.54, 1.807) is 12.1 Å². The Morgan fingerprint density at radius 3 is 2.48 bits per heavy atom. The van der Waals surface area contributed by atoms with Crippen LogP contribution in [-0.4, -0.2) is 30.3 Å². The first kappa shape index (κ1) is 18.9. The summed E-state index contributed by atoms with van der Waals surface area (Å²) in [5, 5.41) is 3.91. The van der Waals surface area contributed by atoms with E-state index in [2.05, 4.69) is 26.1 Å². The molecule has 0 saturated carbocycles. The molecule has 3 aromatic rings. The minimum Gasteiger partial charge on any atom is -0.496 e. The van der Waals surface area contributed by atoms with E-state index in [4.69, 9.17) is 18.7 Å². The van der Waals surface area contributed by atoms with Gasteiger partial charge in [0.2, 0.25) is 5.82 Å². The fourth-order valence-electron chi connectivity index (χ4n) is 2.47. The smallest absolute Gasteiger partial charge is 0.338 e. The van der Waals surface area contributed by atoms with Crippen LogP contribution < -0.4 is 9.47 Å².